The maximum Gasteiger partial charge on any atom is 0.289 e. The SMILES string of the molecule is CCOc1ccc(Cc2csc(N3CCN(S(=O)(=O)c4ccc(Cl)c([N+](=O)[O-])c4)CC3)n2)cc1. The van der Waals surface area contributed by atoms with E-state index in [-0.39, 0.29) is 23.0 Å². The van der Waals surface area contributed by atoms with Crippen LogP contribution in [0.4, 0.5) is 10.8 Å². The molecule has 12 heteroatoms. The van der Waals surface area contributed by atoms with Crippen LogP contribution in [0.2, 0.25) is 5.02 Å². The molecule has 0 atom stereocenters. The molecule has 0 aliphatic carbocycles. The number of nitrogens with zero attached hydrogens (tertiary/aromatic N) is 4. The van der Waals surface area contributed by atoms with Crippen molar-refractivity contribution in [2.45, 2.75) is 18.2 Å². The lowest BCUT2D eigenvalue weighted by Gasteiger charge is -2.33. The highest BCUT2D eigenvalue weighted by Gasteiger charge is 2.31. The van der Waals surface area contributed by atoms with Crippen molar-refractivity contribution in [2.75, 3.05) is 37.7 Å². The Morgan fingerprint density at radius 3 is 2.50 bits per heavy atom. The molecule has 1 fully saturated rings. The van der Waals surface area contributed by atoms with Gasteiger partial charge in [-0.05, 0) is 36.8 Å². The Morgan fingerprint density at radius 2 is 1.85 bits per heavy atom. The minimum Gasteiger partial charge on any atom is -0.494 e. The number of benzene rings is 2. The summed E-state index contributed by atoms with van der Waals surface area (Å²) in [5.41, 5.74) is 1.66. The minimum atomic E-state index is -3.87. The van der Waals surface area contributed by atoms with Crippen LogP contribution in [0.1, 0.15) is 18.2 Å². The second kappa shape index (κ2) is 10.3. The van der Waals surface area contributed by atoms with Crippen LogP contribution in [0.5, 0.6) is 5.75 Å². The second-order valence-electron chi connectivity index (χ2n) is 7.64. The van der Waals surface area contributed by atoms with Crippen LogP contribution >= 0.6 is 22.9 Å². The molecule has 0 spiro atoms. The molecule has 2 aromatic carbocycles. The zero-order valence-corrected chi connectivity index (χ0v) is 20.8. The van der Waals surface area contributed by atoms with Gasteiger partial charge in [-0.1, -0.05) is 23.7 Å². The summed E-state index contributed by atoms with van der Waals surface area (Å²) in [6.45, 7) is 4.04. The van der Waals surface area contributed by atoms with Crippen LogP contribution in [0, 0.1) is 10.1 Å². The van der Waals surface area contributed by atoms with Crippen molar-refractivity contribution >= 4 is 43.8 Å². The molecule has 2 heterocycles. The van der Waals surface area contributed by atoms with Crippen LogP contribution < -0.4 is 9.64 Å². The lowest BCUT2D eigenvalue weighted by molar-refractivity contribution is -0.384. The quantitative estimate of drug-likeness (QED) is 0.322. The molecule has 0 N–H and O–H groups in total. The predicted molar refractivity (Wildman–Crippen MR) is 132 cm³/mol. The van der Waals surface area contributed by atoms with Crippen molar-refractivity contribution in [3.05, 3.63) is 74.2 Å². The third-order valence-electron chi connectivity index (χ3n) is 5.42. The van der Waals surface area contributed by atoms with Crippen molar-refractivity contribution < 1.29 is 18.1 Å². The van der Waals surface area contributed by atoms with E-state index in [9.17, 15) is 18.5 Å². The topological polar surface area (TPSA) is 106 Å². The van der Waals surface area contributed by atoms with Crippen molar-refractivity contribution in [1.29, 1.82) is 0 Å². The number of hydrogen-bond donors (Lipinski definition) is 0. The average molecular weight is 523 g/mol. The smallest absolute Gasteiger partial charge is 0.289 e. The van der Waals surface area contributed by atoms with Gasteiger partial charge in [-0.15, -0.1) is 11.3 Å². The van der Waals surface area contributed by atoms with Gasteiger partial charge >= 0.3 is 0 Å². The standard InChI is InChI=1S/C22H23ClN4O5S2/c1-2-32-18-5-3-16(4-6-18)13-17-15-33-22(24-17)25-9-11-26(12-10-25)34(30,31)19-7-8-20(23)21(14-19)27(28)29/h3-8,14-15H,2,9-13H2,1H3. The highest BCUT2D eigenvalue weighted by atomic mass is 35.5. The average Bonchev–Trinajstić information content (AvgIpc) is 3.29. The summed E-state index contributed by atoms with van der Waals surface area (Å²) in [6.07, 6.45) is 0.701. The first-order valence-corrected chi connectivity index (χ1v) is 13.3. The first-order valence-electron chi connectivity index (χ1n) is 10.6. The van der Waals surface area contributed by atoms with E-state index in [4.69, 9.17) is 21.3 Å². The normalized spacial score (nSPS) is 14.8. The summed E-state index contributed by atoms with van der Waals surface area (Å²) in [5.74, 6) is 0.839. The number of thiazole rings is 1. The monoisotopic (exact) mass is 522 g/mol. The summed E-state index contributed by atoms with van der Waals surface area (Å²) < 4.78 is 32.8. The summed E-state index contributed by atoms with van der Waals surface area (Å²) >= 11 is 7.35. The highest BCUT2D eigenvalue weighted by Crippen LogP contribution is 2.30. The fraction of sp³-hybridized carbons (Fsp3) is 0.318. The number of nitro benzene ring substituents is 1. The summed E-state index contributed by atoms with van der Waals surface area (Å²) in [6, 6.07) is 11.5. The van der Waals surface area contributed by atoms with Crippen LogP contribution in [0.3, 0.4) is 0 Å². The zero-order valence-electron chi connectivity index (χ0n) is 18.4. The number of halogens is 1. The van der Waals surface area contributed by atoms with E-state index in [0.29, 0.717) is 26.1 Å². The fourth-order valence-corrected chi connectivity index (χ4v) is 6.17. The van der Waals surface area contributed by atoms with Gasteiger partial charge < -0.3 is 9.64 Å². The molecule has 1 saturated heterocycles. The molecule has 180 valence electrons. The molecule has 34 heavy (non-hydrogen) atoms. The van der Waals surface area contributed by atoms with E-state index < -0.39 is 20.6 Å². The number of sulfonamides is 1. The number of anilines is 1. The van der Waals surface area contributed by atoms with Gasteiger partial charge in [-0.3, -0.25) is 10.1 Å². The maximum absolute atomic E-state index is 13.0. The Morgan fingerprint density at radius 1 is 1.15 bits per heavy atom. The van der Waals surface area contributed by atoms with Crippen LogP contribution in [0.25, 0.3) is 0 Å². The third-order valence-corrected chi connectivity index (χ3v) is 8.58. The Hall–Kier alpha value is -2.73. The molecule has 1 aliphatic heterocycles. The predicted octanol–water partition coefficient (Wildman–Crippen LogP) is 4.21. The number of nitro groups is 1. The van der Waals surface area contributed by atoms with Gasteiger partial charge in [0.1, 0.15) is 10.8 Å². The molecule has 0 unspecified atom stereocenters. The van der Waals surface area contributed by atoms with E-state index in [1.807, 2.05) is 36.6 Å². The van der Waals surface area contributed by atoms with Crippen LogP contribution in [0.15, 0.2) is 52.7 Å². The largest absolute Gasteiger partial charge is 0.494 e. The van der Waals surface area contributed by atoms with E-state index in [2.05, 4.69) is 4.90 Å². The highest BCUT2D eigenvalue weighted by molar-refractivity contribution is 7.89. The molecule has 0 bridgehead atoms. The Kier molecular flexibility index (Phi) is 7.36. The minimum absolute atomic E-state index is 0.0985. The van der Waals surface area contributed by atoms with Crippen LogP contribution in [-0.2, 0) is 16.4 Å². The number of aromatic nitrogens is 1. The number of rotatable bonds is 8. The molecule has 1 aliphatic rings. The van der Waals surface area contributed by atoms with Crippen molar-refractivity contribution in [1.82, 2.24) is 9.29 Å². The molecule has 3 aromatic rings. The molecule has 0 radical (unpaired) electrons. The third kappa shape index (κ3) is 5.33. The van der Waals surface area contributed by atoms with E-state index in [1.165, 1.54) is 27.8 Å². The van der Waals surface area contributed by atoms with Crippen molar-refractivity contribution in [3.8, 4) is 5.75 Å². The molecular weight excluding hydrogens is 500 g/mol. The van der Waals surface area contributed by atoms with Gasteiger partial charge in [-0.2, -0.15) is 4.31 Å². The maximum atomic E-state index is 13.0. The molecule has 1 aromatic heterocycles. The number of ether oxygens (including phenoxy) is 1. The van der Waals surface area contributed by atoms with Gasteiger partial charge in [0.05, 0.1) is 22.1 Å². The lowest BCUT2D eigenvalue weighted by atomic mass is 10.1. The van der Waals surface area contributed by atoms with E-state index in [1.54, 1.807) is 0 Å². The molecule has 0 saturated carbocycles. The first-order chi connectivity index (χ1) is 16.3. The van der Waals surface area contributed by atoms with E-state index >= 15 is 0 Å². The molecular formula is C22H23ClN4O5S2. The van der Waals surface area contributed by atoms with Gasteiger partial charge in [0.25, 0.3) is 5.69 Å². The summed E-state index contributed by atoms with van der Waals surface area (Å²) in [7, 11) is -3.87. The lowest BCUT2D eigenvalue weighted by Crippen LogP contribution is -2.48. The Balaban J connectivity index is 1.39. The van der Waals surface area contributed by atoms with Gasteiger partial charge in [-0.25, -0.2) is 13.4 Å². The molecule has 9 nitrogen and oxygen atoms in total. The first kappa shape index (κ1) is 24.4. The summed E-state index contributed by atoms with van der Waals surface area (Å²) in [5, 5.41) is 13.9. The van der Waals surface area contributed by atoms with Crippen molar-refractivity contribution in [2.24, 2.45) is 0 Å². The zero-order chi connectivity index (χ0) is 24.3. The number of hydrogen-bond acceptors (Lipinski definition) is 8. The van der Waals surface area contributed by atoms with E-state index in [0.717, 1.165) is 28.2 Å². The Labute approximate surface area is 206 Å². The van der Waals surface area contributed by atoms with Crippen LogP contribution in [-0.4, -0.2) is 55.4 Å². The van der Waals surface area contributed by atoms with Gasteiger partial charge in [0, 0.05) is 44.0 Å². The summed E-state index contributed by atoms with van der Waals surface area (Å²) in [4.78, 5) is 17.1. The second-order valence-corrected chi connectivity index (χ2v) is 10.8. The van der Waals surface area contributed by atoms with Gasteiger partial charge in [0.2, 0.25) is 10.0 Å². The van der Waals surface area contributed by atoms with Crippen molar-refractivity contribution in [3.63, 3.8) is 0 Å². The number of piperazine rings is 1. The molecule has 4 rings (SSSR count). The van der Waals surface area contributed by atoms with Gasteiger partial charge in [0.15, 0.2) is 5.13 Å². The fourth-order valence-electron chi connectivity index (χ4n) is 3.66. The molecule has 0 amide bonds. The Bertz CT molecular complexity index is 1270.